The van der Waals surface area contributed by atoms with Crippen LogP contribution in [0.25, 0.3) is 0 Å². The highest BCUT2D eigenvalue weighted by Gasteiger charge is 2.11. The maximum Gasteiger partial charge on any atom is 0.320 e. The molecule has 5 nitrogen and oxygen atoms in total. The van der Waals surface area contributed by atoms with Gasteiger partial charge in [0.05, 0.1) is 6.54 Å². The minimum absolute atomic E-state index is 0.0780. The topological polar surface area (TPSA) is 78.4 Å². The van der Waals surface area contributed by atoms with Crippen LogP contribution in [0.4, 0.5) is 4.39 Å². The number of carbonyl (C=O) groups excluding carboxylic acids is 1. The van der Waals surface area contributed by atoms with Crippen LogP contribution in [0.5, 0.6) is 0 Å². The molecule has 1 aromatic rings. The molecule has 0 aliphatic heterocycles. The van der Waals surface area contributed by atoms with E-state index in [9.17, 15) is 14.0 Å². The number of amides is 1. The molecule has 3 N–H and O–H groups in total. The highest BCUT2D eigenvalue weighted by molar-refractivity contribution is 5.79. The van der Waals surface area contributed by atoms with Gasteiger partial charge in [-0.25, -0.2) is 4.39 Å². The van der Waals surface area contributed by atoms with Gasteiger partial charge >= 0.3 is 5.97 Å². The standard InChI is InChI=1S/C12H15FN2O3/c1-8(12(17)18)14-7-11(16)15-6-9-4-2-3-5-10(9)13/h2-5,8,14H,6-7H2,1H3,(H,15,16)(H,17,18)/t8-/m1/s1. The molecule has 0 aliphatic carbocycles. The average Bonchev–Trinajstić information content (AvgIpc) is 2.34. The van der Waals surface area contributed by atoms with Gasteiger partial charge in [-0.15, -0.1) is 0 Å². The first-order chi connectivity index (χ1) is 8.50. The zero-order valence-electron chi connectivity index (χ0n) is 9.94. The van der Waals surface area contributed by atoms with Gasteiger partial charge in [0.1, 0.15) is 11.9 Å². The lowest BCUT2D eigenvalue weighted by Crippen LogP contribution is -2.41. The van der Waals surface area contributed by atoms with Crippen molar-refractivity contribution in [3.05, 3.63) is 35.6 Å². The first kappa shape index (κ1) is 14.1. The van der Waals surface area contributed by atoms with Crippen molar-refractivity contribution in [2.75, 3.05) is 6.54 Å². The summed E-state index contributed by atoms with van der Waals surface area (Å²) >= 11 is 0. The third kappa shape index (κ3) is 4.50. The number of benzene rings is 1. The first-order valence-corrected chi connectivity index (χ1v) is 5.47. The van der Waals surface area contributed by atoms with Crippen LogP contribution in [-0.2, 0) is 16.1 Å². The van der Waals surface area contributed by atoms with E-state index in [0.717, 1.165) is 0 Å². The fourth-order valence-corrected chi connectivity index (χ4v) is 1.23. The van der Waals surface area contributed by atoms with E-state index in [1.165, 1.54) is 13.0 Å². The monoisotopic (exact) mass is 254 g/mol. The highest BCUT2D eigenvalue weighted by atomic mass is 19.1. The number of nitrogens with one attached hydrogen (secondary N) is 2. The summed E-state index contributed by atoms with van der Waals surface area (Å²) in [6.45, 7) is 1.39. The molecule has 0 radical (unpaired) electrons. The molecule has 0 unspecified atom stereocenters. The van der Waals surface area contributed by atoms with Crippen molar-refractivity contribution >= 4 is 11.9 Å². The Morgan fingerprint density at radius 1 is 1.39 bits per heavy atom. The number of hydrogen-bond acceptors (Lipinski definition) is 3. The van der Waals surface area contributed by atoms with E-state index < -0.39 is 12.0 Å². The van der Waals surface area contributed by atoms with Gasteiger partial charge in [0.2, 0.25) is 5.91 Å². The summed E-state index contributed by atoms with van der Waals surface area (Å²) in [7, 11) is 0. The van der Waals surface area contributed by atoms with Crippen molar-refractivity contribution in [3.8, 4) is 0 Å². The number of hydrogen-bond donors (Lipinski definition) is 3. The molecule has 6 heteroatoms. The van der Waals surface area contributed by atoms with E-state index in [0.29, 0.717) is 5.56 Å². The van der Waals surface area contributed by atoms with Gasteiger partial charge in [-0.2, -0.15) is 0 Å². The maximum atomic E-state index is 13.2. The van der Waals surface area contributed by atoms with Crippen LogP contribution in [-0.4, -0.2) is 29.6 Å². The van der Waals surface area contributed by atoms with Crippen LogP contribution in [0.1, 0.15) is 12.5 Å². The fourth-order valence-electron chi connectivity index (χ4n) is 1.23. The Balaban J connectivity index is 2.34. The molecule has 1 amide bonds. The van der Waals surface area contributed by atoms with Crippen molar-refractivity contribution in [2.45, 2.75) is 19.5 Å². The second-order valence-corrected chi connectivity index (χ2v) is 3.81. The number of carboxylic acid groups (broad SMARTS) is 1. The zero-order chi connectivity index (χ0) is 13.5. The van der Waals surface area contributed by atoms with Gasteiger partial charge in [-0.05, 0) is 13.0 Å². The zero-order valence-corrected chi connectivity index (χ0v) is 9.94. The molecule has 1 aromatic carbocycles. The van der Waals surface area contributed by atoms with Gasteiger partial charge in [0.15, 0.2) is 0 Å². The first-order valence-electron chi connectivity index (χ1n) is 5.47. The lowest BCUT2D eigenvalue weighted by Gasteiger charge is -2.09. The Morgan fingerprint density at radius 2 is 2.06 bits per heavy atom. The van der Waals surface area contributed by atoms with Crippen molar-refractivity contribution in [1.29, 1.82) is 0 Å². The Morgan fingerprint density at radius 3 is 2.67 bits per heavy atom. The van der Waals surface area contributed by atoms with E-state index in [2.05, 4.69) is 10.6 Å². The molecule has 0 saturated carbocycles. The molecule has 0 bridgehead atoms. The van der Waals surface area contributed by atoms with E-state index in [4.69, 9.17) is 5.11 Å². The molecule has 0 heterocycles. The van der Waals surface area contributed by atoms with Crippen LogP contribution < -0.4 is 10.6 Å². The Kier molecular flexibility index (Phi) is 5.26. The lowest BCUT2D eigenvalue weighted by atomic mass is 10.2. The summed E-state index contributed by atoms with van der Waals surface area (Å²) in [5, 5.41) is 13.6. The molecule has 1 rings (SSSR count). The summed E-state index contributed by atoms with van der Waals surface area (Å²) < 4.78 is 13.2. The van der Waals surface area contributed by atoms with E-state index in [-0.39, 0.29) is 24.8 Å². The molecule has 0 saturated heterocycles. The summed E-state index contributed by atoms with van der Waals surface area (Å²) in [6.07, 6.45) is 0. The largest absolute Gasteiger partial charge is 0.480 e. The second-order valence-electron chi connectivity index (χ2n) is 3.81. The normalized spacial score (nSPS) is 11.9. The fraction of sp³-hybridized carbons (Fsp3) is 0.333. The highest BCUT2D eigenvalue weighted by Crippen LogP contribution is 2.05. The van der Waals surface area contributed by atoms with Gasteiger partial charge in [0.25, 0.3) is 0 Å². The van der Waals surface area contributed by atoms with Crippen molar-refractivity contribution in [2.24, 2.45) is 0 Å². The molecule has 1 atom stereocenters. The molecule has 98 valence electrons. The quantitative estimate of drug-likeness (QED) is 0.691. The predicted octanol–water partition coefficient (Wildman–Crippen LogP) is 0.505. The summed E-state index contributed by atoms with van der Waals surface area (Å²) in [5.74, 6) is -1.80. The van der Waals surface area contributed by atoms with Gasteiger partial charge < -0.3 is 10.4 Å². The molecule has 0 spiro atoms. The summed E-state index contributed by atoms with van der Waals surface area (Å²) in [5.41, 5.74) is 0.386. The van der Waals surface area contributed by atoms with Crippen LogP contribution in [0.2, 0.25) is 0 Å². The van der Waals surface area contributed by atoms with Crippen LogP contribution in [0.3, 0.4) is 0 Å². The number of aliphatic carboxylic acids is 1. The summed E-state index contributed by atoms with van der Waals surface area (Å²) in [6, 6.07) is 5.32. The van der Waals surface area contributed by atoms with E-state index in [1.807, 2.05) is 0 Å². The van der Waals surface area contributed by atoms with Gasteiger partial charge in [-0.3, -0.25) is 14.9 Å². The Labute approximate surface area is 104 Å². The maximum absolute atomic E-state index is 13.2. The molecular formula is C12H15FN2O3. The second kappa shape index (κ2) is 6.70. The third-order valence-electron chi connectivity index (χ3n) is 2.37. The average molecular weight is 254 g/mol. The van der Waals surface area contributed by atoms with Crippen LogP contribution in [0, 0.1) is 5.82 Å². The molecule has 18 heavy (non-hydrogen) atoms. The molecule has 0 aromatic heterocycles. The van der Waals surface area contributed by atoms with Crippen LogP contribution in [0.15, 0.2) is 24.3 Å². The number of halogens is 1. The molecule has 0 fully saturated rings. The SMILES string of the molecule is C[C@@H](NCC(=O)NCc1ccccc1F)C(=O)O. The third-order valence-corrected chi connectivity index (χ3v) is 2.37. The van der Waals surface area contributed by atoms with Crippen LogP contribution >= 0.6 is 0 Å². The van der Waals surface area contributed by atoms with Crippen molar-refractivity contribution < 1.29 is 19.1 Å². The van der Waals surface area contributed by atoms with Gasteiger partial charge in [-0.1, -0.05) is 18.2 Å². The lowest BCUT2D eigenvalue weighted by molar-refractivity contribution is -0.139. The Bertz CT molecular complexity index is 437. The van der Waals surface area contributed by atoms with Gasteiger partial charge in [0, 0.05) is 12.1 Å². The molecular weight excluding hydrogens is 239 g/mol. The predicted molar refractivity (Wildman–Crippen MR) is 63.3 cm³/mol. The van der Waals surface area contributed by atoms with E-state index >= 15 is 0 Å². The molecule has 0 aliphatic rings. The smallest absolute Gasteiger partial charge is 0.320 e. The number of carbonyl (C=O) groups is 2. The van der Waals surface area contributed by atoms with Crippen molar-refractivity contribution in [3.63, 3.8) is 0 Å². The Hall–Kier alpha value is -1.95. The summed E-state index contributed by atoms with van der Waals surface area (Å²) in [4.78, 5) is 21.9. The van der Waals surface area contributed by atoms with E-state index in [1.54, 1.807) is 18.2 Å². The number of rotatable bonds is 6. The number of carboxylic acids is 1. The minimum Gasteiger partial charge on any atom is -0.480 e. The van der Waals surface area contributed by atoms with Crippen molar-refractivity contribution in [1.82, 2.24) is 10.6 Å². The minimum atomic E-state index is -1.03.